The molecule has 2 atom stereocenters. The number of rotatable bonds is 5. The lowest BCUT2D eigenvalue weighted by Crippen LogP contribution is -2.51. The normalized spacial score (nSPS) is 19.9. The molecule has 2 rings (SSSR count). The molecule has 0 bridgehead atoms. The Morgan fingerprint density at radius 2 is 2.05 bits per heavy atom. The lowest BCUT2D eigenvalue weighted by Gasteiger charge is -2.41. The molecular formula is C17H27N3O. The van der Waals surface area contributed by atoms with Gasteiger partial charge >= 0.3 is 0 Å². The summed E-state index contributed by atoms with van der Waals surface area (Å²) in [5, 5.41) is 0. The first-order chi connectivity index (χ1) is 10.1. The van der Waals surface area contributed by atoms with Gasteiger partial charge in [-0.3, -0.25) is 9.69 Å². The molecule has 4 nitrogen and oxygen atoms in total. The molecule has 1 amide bonds. The zero-order valence-corrected chi connectivity index (χ0v) is 13.4. The first kappa shape index (κ1) is 16.0. The average Bonchev–Trinajstić information content (AvgIpc) is 2.54. The monoisotopic (exact) mass is 289 g/mol. The summed E-state index contributed by atoms with van der Waals surface area (Å²) in [6, 6.07) is 8.48. The van der Waals surface area contributed by atoms with Crippen molar-refractivity contribution >= 4 is 5.91 Å². The van der Waals surface area contributed by atoms with Crippen LogP contribution in [0.25, 0.3) is 0 Å². The van der Waals surface area contributed by atoms with Crippen molar-refractivity contribution < 1.29 is 4.79 Å². The Labute approximate surface area is 127 Å². The maximum absolute atomic E-state index is 12.6. The lowest BCUT2D eigenvalue weighted by atomic mass is 9.91. The maximum atomic E-state index is 12.6. The maximum Gasteiger partial charge on any atom is 0.239 e. The van der Waals surface area contributed by atoms with E-state index in [1.165, 1.54) is 11.1 Å². The fourth-order valence-corrected chi connectivity index (χ4v) is 3.34. The lowest BCUT2D eigenvalue weighted by molar-refractivity contribution is -0.137. The molecule has 4 heteroatoms. The molecule has 2 N–H and O–H groups in total. The summed E-state index contributed by atoms with van der Waals surface area (Å²) < 4.78 is 0. The van der Waals surface area contributed by atoms with E-state index in [-0.39, 0.29) is 18.0 Å². The molecule has 0 saturated carbocycles. The second-order valence-corrected chi connectivity index (χ2v) is 5.62. The van der Waals surface area contributed by atoms with Gasteiger partial charge in [-0.05, 0) is 38.3 Å². The van der Waals surface area contributed by atoms with Crippen LogP contribution in [-0.4, -0.2) is 47.9 Å². The number of hydrogen-bond acceptors (Lipinski definition) is 3. The van der Waals surface area contributed by atoms with E-state index in [2.05, 4.69) is 29.2 Å². The quantitative estimate of drug-likeness (QED) is 0.899. The minimum Gasteiger partial charge on any atom is -0.342 e. The molecule has 0 saturated heterocycles. The van der Waals surface area contributed by atoms with Crippen LogP contribution in [-0.2, 0) is 11.2 Å². The Balaban J connectivity index is 2.22. The summed E-state index contributed by atoms with van der Waals surface area (Å²) in [4.78, 5) is 16.8. The zero-order valence-electron chi connectivity index (χ0n) is 13.4. The second-order valence-electron chi connectivity index (χ2n) is 5.62. The van der Waals surface area contributed by atoms with Crippen LogP contribution in [0.3, 0.4) is 0 Å². The molecule has 2 unspecified atom stereocenters. The van der Waals surface area contributed by atoms with Gasteiger partial charge in [0.2, 0.25) is 5.91 Å². The van der Waals surface area contributed by atoms with Crippen LogP contribution in [0, 0.1) is 0 Å². The Bertz CT molecular complexity index is 485. The number of nitrogens with two attached hydrogens (primary N) is 1. The fourth-order valence-electron chi connectivity index (χ4n) is 3.34. The number of benzene rings is 1. The van der Waals surface area contributed by atoms with Crippen LogP contribution in [0.4, 0.5) is 0 Å². The minimum absolute atomic E-state index is 0.119. The van der Waals surface area contributed by atoms with E-state index < -0.39 is 0 Å². The molecule has 116 valence electrons. The average molecular weight is 289 g/mol. The van der Waals surface area contributed by atoms with Crippen molar-refractivity contribution in [3.05, 3.63) is 35.4 Å². The first-order valence-electron chi connectivity index (χ1n) is 7.96. The van der Waals surface area contributed by atoms with Crippen LogP contribution in [0.5, 0.6) is 0 Å². The predicted octanol–water partition coefficient (Wildman–Crippen LogP) is 1.80. The van der Waals surface area contributed by atoms with E-state index >= 15 is 0 Å². The van der Waals surface area contributed by atoms with Crippen molar-refractivity contribution in [3.8, 4) is 0 Å². The highest BCUT2D eigenvalue weighted by Crippen LogP contribution is 2.30. The fraction of sp³-hybridized carbons (Fsp3) is 0.588. The first-order valence-corrected chi connectivity index (χ1v) is 7.96. The highest BCUT2D eigenvalue weighted by molar-refractivity contribution is 5.81. The second kappa shape index (κ2) is 7.05. The Hall–Kier alpha value is -1.39. The third-order valence-electron chi connectivity index (χ3n) is 4.61. The zero-order chi connectivity index (χ0) is 15.4. The van der Waals surface area contributed by atoms with Gasteiger partial charge in [0.15, 0.2) is 0 Å². The number of likely N-dealkylation sites (N-methyl/N-ethyl adjacent to an activating group) is 1. The van der Waals surface area contributed by atoms with E-state index in [0.717, 1.165) is 26.1 Å². The molecule has 1 aliphatic rings. The summed E-state index contributed by atoms with van der Waals surface area (Å²) in [7, 11) is 0. The van der Waals surface area contributed by atoms with E-state index in [0.29, 0.717) is 6.54 Å². The van der Waals surface area contributed by atoms with Gasteiger partial charge in [-0.15, -0.1) is 0 Å². The van der Waals surface area contributed by atoms with E-state index in [9.17, 15) is 4.79 Å². The summed E-state index contributed by atoms with van der Waals surface area (Å²) in [5.74, 6) is 0.206. The molecule has 0 spiro atoms. The summed E-state index contributed by atoms with van der Waals surface area (Å²) in [6.45, 7) is 9.03. The van der Waals surface area contributed by atoms with Gasteiger partial charge in [0, 0.05) is 32.2 Å². The topological polar surface area (TPSA) is 49.6 Å². The third-order valence-corrected chi connectivity index (χ3v) is 4.61. The van der Waals surface area contributed by atoms with Crippen molar-refractivity contribution in [1.29, 1.82) is 0 Å². The van der Waals surface area contributed by atoms with Gasteiger partial charge in [0.05, 0.1) is 6.04 Å². The molecule has 1 aliphatic heterocycles. The third kappa shape index (κ3) is 3.11. The summed E-state index contributed by atoms with van der Waals surface area (Å²) >= 11 is 0. The van der Waals surface area contributed by atoms with Crippen molar-refractivity contribution in [2.45, 2.75) is 39.3 Å². The van der Waals surface area contributed by atoms with Crippen LogP contribution in [0.2, 0.25) is 0 Å². The molecular weight excluding hydrogens is 262 g/mol. The summed E-state index contributed by atoms with van der Waals surface area (Å²) in [6.07, 6.45) is 0.989. The van der Waals surface area contributed by atoms with Crippen molar-refractivity contribution in [2.24, 2.45) is 5.73 Å². The van der Waals surface area contributed by atoms with E-state index in [1.807, 2.05) is 25.7 Å². The number of amides is 1. The Kier molecular flexibility index (Phi) is 5.37. The highest BCUT2D eigenvalue weighted by atomic mass is 16.2. The van der Waals surface area contributed by atoms with Crippen LogP contribution in [0.1, 0.15) is 37.9 Å². The molecule has 1 heterocycles. The van der Waals surface area contributed by atoms with Gasteiger partial charge in [0.1, 0.15) is 0 Å². The SMILES string of the molecule is CCN(CC)C(=O)C(C)N1CCc2ccccc2C1CN. The molecule has 0 aliphatic carbocycles. The van der Waals surface area contributed by atoms with Crippen LogP contribution < -0.4 is 5.73 Å². The molecule has 0 radical (unpaired) electrons. The van der Waals surface area contributed by atoms with Gasteiger partial charge in [-0.2, -0.15) is 0 Å². The molecule has 0 fully saturated rings. The van der Waals surface area contributed by atoms with Crippen LogP contribution in [0.15, 0.2) is 24.3 Å². The van der Waals surface area contributed by atoms with Gasteiger partial charge < -0.3 is 10.6 Å². The number of fused-ring (bicyclic) bond motifs is 1. The van der Waals surface area contributed by atoms with Crippen molar-refractivity contribution in [3.63, 3.8) is 0 Å². The number of nitrogens with zero attached hydrogens (tertiary/aromatic N) is 2. The Morgan fingerprint density at radius 3 is 2.67 bits per heavy atom. The standard InChI is InChI=1S/C17H27N3O/c1-4-19(5-2)17(21)13(3)20-11-10-14-8-6-7-9-15(14)16(20)12-18/h6-9,13,16H,4-5,10-12,18H2,1-3H3. The predicted molar refractivity (Wildman–Crippen MR) is 86.0 cm³/mol. The van der Waals surface area contributed by atoms with E-state index in [4.69, 9.17) is 5.73 Å². The number of hydrogen-bond donors (Lipinski definition) is 1. The molecule has 21 heavy (non-hydrogen) atoms. The van der Waals surface area contributed by atoms with Gasteiger partial charge in [-0.1, -0.05) is 24.3 Å². The van der Waals surface area contributed by atoms with Gasteiger partial charge in [-0.25, -0.2) is 0 Å². The smallest absolute Gasteiger partial charge is 0.239 e. The minimum atomic E-state index is -0.119. The van der Waals surface area contributed by atoms with E-state index in [1.54, 1.807) is 0 Å². The van der Waals surface area contributed by atoms with Gasteiger partial charge in [0.25, 0.3) is 0 Å². The Morgan fingerprint density at radius 1 is 1.38 bits per heavy atom. The number of carbonyl (C=O) groups excluding carboxylic acids is 1. The highest BCUT2D eigenvalue weighted by Gasteiger charge is 2.33. The largest absolute Gasteiger partial charge is 0.342 e. The summed E-state index contributed by atoms with van der Waals surface area (Å²) in [5.41, 5.74) is 8.67. The molecule has 1 aromatic carbocycles. The van der Waals surface area contributed by atoms with Crippen LogP contribution >= 0.6 is 0 Å². The van der Waals surface area contributed by atoms with Crippen molar-refractivity contribution in [2.75, 3.05) is 26.2 Å². The molecule has 0 aromatic heterocycles. The number of carbonyl (C=O) groups is 1. The van der Waals surface area contributed by atoms with Crippen molar-refractivity contribution in [1.82, 2.24) is 9.80 Å². The molecule has 1 aromatic rings.